The van der Waals surface area contributed by atoms with Crippen LogP contribution in [0.25, 0.3) is 0 Å². The number of aromatic nitrogens is 3. The highest BCUT2D eigenvalue weighted by molar-refractivity contribution is 5.98. The molecule has 0 aliphatic heterocycles. The van der Waals surface area contributed by atoms with Crippen molar-refractivity contribution in [2.75, 3.05) is 12.8 Å². The molecule has 2 N–H and O–H groups in total. The summed E-state index contributed by atoms with van der Waals surface area (Å²) in [5.41, 5.74) is 7.01. The molecule has 0 aliphatic carbocycles. The Labute approximate surface area is 105 Å². The lowest BCUT2D eigenvalue weighted by atomic mass is 10.2. The molecule has 0 atom stereocenters. The monoisotopic (exact) mass is 245 g/mol. The molecule has 0 saturated heterocycles. The van der Waals surface area contributed by atoms with E-state index in [0.29, 0.717) is 17.9 Å². The first-order valence-corrected chi connectivity index (χ1v) is 5.52. The third-order valence-corrected chi connectivity index (χ3v) is 2.69. The van der Waals surface area contributed by atoms with Crippen LogP contribution < -0.4 is 5.73 Å². The van der Waals surface area contributed by atoms with Crippen molar-refractivity contribution in [3.63, 3.8) is 0 Å². The maximum atomic E-state index is 12.1. The Morgan fingerprint density at radius 3 is 2.83 bits per heavy atom. The second-order valence-corrected chi connectivity index (χ2v) is 4.05. The zero-order valence-electron chi connectivity index (χ0n) is 10.4. The Morgan fingerprint density at radius 1 is 1.50 bits per heavy atom. The molecule has 2 heterocycles. The average Bonchev–Trinajstić information content (AvgIpc) is 2.70. The zero-order valence-corrected chi connectivity index (χ0v) is 10.4. The van der Waals surface area contributed by atoms with Gasteiger partial charge in [0.05, 0.1) is 18.4 Å². The second kappa shape index (κ2) is 4.87. The van der Waals surface area contributed by atoms with Gasteiger partial charge in [0.2, 0.25) is 0 Å². The molecule has 0 unspecified atom stereocenters. The number of pyridine rings is 1. The van der Waals surface area contributed by atoms with E-state index < -0.39 is 0 Å². The van der Waals surface area contributed by atoms with Crippen LogP contribution in [0.2, 0.25) is 0 Å². The number of anilines is 1. The van der Waals surface area contributed by atoms with E-state index in [4.69, 9.17) is 5.73 Å². The van der Waals surface area contributed by atoms with Crippen molar-refractivity contribution in [2.45, 2.75) is 6.54 Å². The largest absolute Gasteiger partial charge is 0.383 e. The van der Waals surface area contributed by atoms with Gasteiger partial charge in [-0.15, -0.1) is 0 Å². The van der Waals surface area contributed by atoms with Gasteiger partial charge in [-0.1, -0.05) is 6.07 Å². The summed E-state index contributed by atoms with van der Waals surface area (Å²) in [5, 5.41) is 3.96. The number of rotatable bonds is 3. The highest BCUT2D eigenvalue weighted by Gasteiger charge is 2.18. The van der Waals surface area contributed by atoms with Crippen LogP contribution in [0, 0.1) is 0 Å². The van der Waals surface area contributed by atoms with Crippen molar-refractivity contribution in [3.8, 4) is 0 Å². The second-order valence-electron chi connectivity index (χ2n) is 4.05. The lowest BCUT2D eigenvalue weighted by Crippen LogP contribution is -2.27. The lowest BCUT2D eigenvalue weighted by Gasteiger charge is -2.16. The lowest BCUT2D eigenvalue weighted by molar-refractivity contribution is 0.0784. The molecule has 0 aromatic carbocycles. The van der Waals surface area contributed by atoms with Crippen LogP contribution in [0.5, 0.6) is 0 Å². The van der Waals surface area contributed by atoms with E-state index in [1.165, 1.54) is 10.9 Å². The van der Waals surface area contributed by atoms with Crippen molar-refractivity contribution in [1.82, 2.24) is 19.7 Å². The third-order valence-electron chi connectivity index (χ3n) is 2.69. The molecule has 18 heavy (non-hydrogen) atoms. The minimum atomic E-state index is -0.161. The van der Waals surface area contributed by atoms with Crippen LogP contribution >= 0.6 is 0 Å². The molecule has 1 amide bonds. The maximum absolute atomic E-state index is 12.1. The number of aryl methyl sites for hydroxylation is 1. The summed E-state index contributed by atoms with van der Waals surface area (Å²) in [4.78, 5) is 17.9. The molecule has 0 saturated carbocycles. The van der Waals surface area contributed by atoms with Crippen molar-refractivity contribution in [1.29, 1.82) is 0 Å². The fourth-order valence-corrected chi connectivity index (χ4v) is 1.62. The van der Waals surface area contributed by atoms with E-state index in [-0.39, 0.29) is 5.91 Å². The molecule has 0 aliphatic rings. The van der Waals surface area contributed by atoms with Gasteiger partial charge in [0.1, 0.15) is 11.4 Å². The molecule has 6 nitrogen and oxygen atoms in total. The Hall–Kier alpha value is -2.37. The highest BCUT2D eigenvalue weighted by atomic mass is 16.2. The van der Waals surface area contributed by atoms with Gasteiger partial charge in [0.25, 0.3) is 5.91 Å². The van der Waals surface area contributed by atoms with Gasteiger partial charge >= 0.3 is 0 Å². The number of carbonyl (C=O) groups excluding carboxylic acids is 1. The molecule has 6 heteroatoms. The SMILES string of the molecule is CN(Cc1ccccn1)C(=O)c1cnn(C)c1N. The summed E-state index contributed by atoms with van der Waals surface area (Å²) < 4.78 is 1.47. The van der Waals surface area contributed by atoms with Gasteiger partial charge in [-0.2, -0.15) is 5.10 Å². The van der Waals surface area contributed by atoms with Gasteiger partial charge < -0.3 is 10.6 Å². The van der Waals surface area contributed by atoms with Crippen LogP contribution in [-0.4, -0.2) is 32.6 Å². The van der Waals surface area contributed by atoms with Gasteiger partial charge in [0.15, 0.2) is 0 Å². The van der Waals surface area contributed by atoms with Gasteiger partial charge in [0, 0.05) is 20.3 Å². The van der Waals surface area contributed by atoms with Crippen molar-refractivity contribution in [3.05, 3.63) is 41.9 Å². The minimum Gasteiger partial charge on any atom is -0.383 e. The molecule has 2 aromatic rings. The number of nitrogens with zero attached hydrogens (tertiary/aromatic N) is 4. The summed E-state index contributed by atoms with van der Waals surface area (Å²) in [6.45, 7) is 0.438. The molecule has 2 aromatic heterocycles. The summed E-state index contributed by atoms with van der Waals surface area (Å²) in [6, 6.07) is 5.60. The summed E-state index contributed by atoms with van der Waals surface area (Å²) in [7, 11) is 3.41. The minimum absolute atomic E-state index is 0.161. The number of nitrogens with two attached hydrogens (primary N) is 1. The van der Waals surface area contributed by atoms with E-state index in [2.05, 4.69) is 10.1 Å². The molecule has 94 valence electrons. The molecular formula is C12H15N5O. The number of hydrogen-bond acceptors (Lipinski definition) is 4. The number of hydrogen-bond donors (Lipinski definition) is 1. The van der Waals surface area contributed by atoms with E-state index >= 15 is 0 Å². The van der Waals surface area contributed by atoms with Gasteiger partial charge in [-0.3, -0.25) is 14.5 Å². The van der Waals surface area contributed by atoms with Crippen molar-refractivity contribution in [2.24, 2.45) is 7.05 Å². The van der Waals surface area contributed by atoms with Gasteiger partial charge in [-0.25, -0.2) is 0 Å². The van der Waals surface area contributed by atoms with E-state index in [1.807, 2.05) is 18.2 Å². The van der Waals surface area contributed by atoms with E-state index in [1.54, 1.807) is 25.2 Å². The van der Waals surface area contributed by atoms with Gasteiger partial charge in [-0.05, 0) is 12.1 Å². The number of carbonyl (C=O) groups is 1. The van der Waals surface area contributed by atoms with Crippen LogP contribution in [-0.2, 0) is 13.6 Å². The predicted octanol–water partition coefficient (Wildman–Crippen LogP) is 0.670. The first kappa shape index (κ1) is 12.1. The Kier molecular flexibility index (Phi) is 3.27. The smallest absolute Gasteiger partial charge is 0.259 e. The average molecular weight is 245 g/mol. The number of amides is 1. The maximum Gasteiger partial charge on any atom is 0.259 e. The Morgan fingerprint density at radius 2 is 2.28 bits per heavy atom. The highest BCUT2D eigenvalue weighted by Crippen LogP contribution is 2.13. The van der Waals surface area contributed by atoms with Crippen molar-refractivity contribution < 1.29 is 4.79 Å². The molecular weight excluding hydrogens is 230 g/mol. The van der Waals surface area contributed by atoms with Crippen LogP contribution in [0.1, 0.15) is 16.1 Å². The summed E-state index contributed by atoms with van der Waals surface area (Å²) in [5.74, 6) is 0.208. The zero-order chi connectivity index (χ0) is 13.1. The Balaban J connectivity index is 2.12. The van der Waals surface area contributed by atoms with Crippen LogP contribution in [0.3, 0.4) is 0 Å². The normalized spacial score (nSPS) is 10.3. The standard InChI is InChI=1S/C12H15N5O/c1-16(8-9-5-3-4-6-14-9)12(18)10-7-15-17(2)11(10)13/h3-7H,8,13H2,1-2H3. The molecule has 2 rings (SSSR count). The van der Waals surface area contributed by atoms with Crippen LogP contribution in [0.15, 0.2) is 30.6 Å². The first-order chi connectivity index (χ1) is 8.59. The fraction of sp³-hybridized carbons (Fsp3) is 0.250. The summed E-state index contributed by atoms with van der Waals surface area (Å²) in [6.07, 6.45) is 3.18. The van der Waals surface area contributed by atoms with Crippen LogP contribution in [0.4, 0.5) is 5.82 Å². The molecule has 0 spiro atoms. The topological polar surface area (TPSA) is 77.0 Å². The molecule has 0 fully saturated rings. The predicted molar refractivity (Wildman–Crippen MR) is 67.7 cm³/mol. The molecule has 0 radical (unpaired) electrons. The van der Waals surface area contributed by atoms with E-state index in [0.717, 1.165) is 5.69 Å². The third kappa shape index (κ3) is 2.32. The summed E-state index contributed by atoms with van der Waals surface area (Å²) >= 11 is 0. The quantitative estimate of drug-likeness (QED) is 0.862. The molecule has 0 bridgehead atoms. The van der Waals surface area contributed by atoms with E-state index in [9.17, 15) is 4.79 Å². The first-order valence-electron chi connectivity index (χ1n) is 5.52. The fourth-order valence-electron chi connectivity index (χ4n) is 1.62. The van der Waals surface area contributed by atoms with Crippen molar-refractivity contribution >= 4 is 11.7 Å². The number of nitrogen functional groups attached to an aromatic ring is 1. The Bertz CT molecular complexity index is 549.